The number of rotatable bonds is 6. The van der Waals surface area contributed by atoms with Gasteiger partial charge in [0.1, 0.15) is 6.04 Å². The molecule has 0 aliphatic carbocycles. The average Bonchev–Trinajstić information content (AvgIpc) is 2.68. The van der Waals surface area contributed by atoms with E-state index in [1.54, 1.807) is 31.2 Å². The van der Waals surface area contributed by atoms with Crippen LogP contribution in [0.25, 0.3) is 0 Å². The standard InChI is InChI=1S/C21H24ClN3O2/c1-15(24-21(27)17-6-8-19(22)9-7-17)20(26)23-11-13-25-12-10-16-4-2-3-5-18(16)14-25/h2-9,15H,10-14H2,1H3,(H,23,26)(H,24,27)/t15-/m0/s1. The van der Waals surface area contributed by atoms with E-state index in [-0.39, 0.29) is 11.8 Å². The minimum atomic E-state index is -0.602. The Morgan fingerprint density at radius 3 is 2.56 bits per heavy atom. The number of hydrogen-bond donors (Lipinski definition) is 2. The van der Waals surface area contributed by atoms with Crippen LogP contribution in [0.15, 0.2) is 48.5 Å². The number of amides is 2. The summed E-state index contributed by atoms with van der Waals surface area (Å²) in [5.74, 6) is -0.475. The zero-order chi connectivity index (χ0) is 19.2. The fourth-order valence-corrected chi connectivity index (χ4v) is 3.31. The summed E-state index contributed by atoms with van der Waals surface area (Å²) in [6, 6.07) is 14.5. The molecule has 5 nitrogen and oxygen atoms in total. The SMILES string of the molecule is C[C@H](NC(=O)c1ccc(Cl)cc1)C(=O)NCCN1CCc2ccccc2C1. The Bertz CT molecular complexity index is 807. The quantitative estimate of drug-likeness (QED) is 0.803. The minimum Gasteiger partial charge on any atom is -0.353 e. The molecule has 0 saturated heterocycles. The highest BCUT2D eigenvalue weighted by Gasteiger charge is 2.18. The zero-order valence-corrected chi connectivity index (χ0v) is 16.1. The summed E-state index contributed by atoms with van der Waals surface area (Å²) in [4.78, 5) is 26.7. The molecule has 2 aromatic carbocycles. The normalized spacial score (nSPS) is 14.9. The third-order valence-electron chi connectivity index (χ3n) is 4.78. The van der Waals surface area contributed by atoms with E-state index in [1.165, 1.54) is 11.1 Å². The molecule has 2 N–H and O–H groups in total. The smallest absolute Gasteiger partial charge is 0.251 e. The highest BCUT2D eigenvalue weighted by molar-refractivity contribution is 6.30. The van der Waals surface area contributed by atoms with Gasteiger partial charge in [0, 0.05) is 36.8 Å². The predicted octanol–water partition coefficient (Wildman–Crippen LogP) is 2.63. The number of hydrogen-bond acceptors (Lipinski definition) is 3. The van der Waals surface area contributed by atoms with Gasteiger partial charge in [0.25, 0.3) is 5.91 Å². The van der Waals surface area contributed by atoms with Gasteiger partial charge >= 0.3 is 0 Å². The lowest BCUT2D eigenvalue weighted by atomic mass is 10.00. The second kappa shape index (κ2) is 9.02. The maximum atomic E-state index is 12.2. The third kappa shape index (κ3) is 5.31. The zero-order valence-electron chi connectivity index (χ0n) is 15.4. The van der Waals surface area contributed by atoms with E-state index < -0.39 is 6.04 Å². The second-order valence-corrected chi connectivity index (χ2v) is 7.22. The first-order chi connectivity index (χ1) is 13.0. The van der Waals surface area contributed by atoms with Crippen molar-refractivity contribution in [3.05, 3.63) is 70.2 Å². The Morgan fingerprint density at radius 1 is 1.11 bits per heavy atom. The van der Waals surface area contributed by atoms with Crippen LogP contribution in [-0.2, 0) is 17.8 Å². The fraction of sp³-hybridized carbons (Fsp3) is 0.333. The van der Waals surface area contributed by atoms with Crippen LogP contribution in [0.2, 0.25) is 5.02 Å². The number of fused-ring (bicyclic) bond motifs is 1. The van der Waals surface area contributed by atoms with Crippen molar-refractivity contribution >= 4 is 23.4 Å². The van der Waals surface area contributed by atoms with Gasteiger partial charge in [0.05, 0.1) is 0 Å². The number of nitrogens with zero attached hydrogens (tertiary/aromatic N) is 1. The number of carbonyl (C=O) groups excluding carboxylic acids is 2. The Hall–Kier alpha value is -2.37. The molecule has 0 saturated carbocycles. The molecule has 142 valence electrons. The third-order valence-corrected chi connectivity index (χ3v) is 5.04. The van der Waals surface area contributed by atoms with Crippen molar-refractivity contribution in [3.63, 3.8) is 0 Å². The molecule has 1 atom stereocenters. The average molecular weight is 386 g/mol. The van der Waals surface area contributed by atoms with Crippen molar-refractivity contribution in [2.24, 2.45) is 0 Å². The van der Waals surface area contributed by atoms with E-state index in [4.69, 9.17) is 11.6 Å². The van der Waals surface area contributed by atoms with Crippen molar-refractivity contribution < 1.29 is 9.59 Å². The molecule has 2 amide bonds. The molecule has 1 heterocycles. The number of benzene rings is 2. The number of carbonyl (C=O) groups is 2. The molecule has 0 fully saturated rings. The van der Waals surface area contributed by atoms with E-state index in [2.05, 4.69) is 39.8 Å². The molecular formula is C21H24ClN3O2. The van der Waals surface area contributed by atoms with Crippen LogP contribution in [-0.4, -0.2) is 42.4 Å². The largest absolute Gasteiger partial charge is 0.353 e. The Labute approximate surface area is 164 Å². The molecule has 2 aromatic rings. The molecule has 3 rings (SSSR count). The van der Waals surface area contributed by atoms with Crippen LogP contribution < -0.4 is 10.6 Å². The summed E-state index contributed by atoms with van der Waals surface area (Å²) < 4.78 is 0. The Balaban J connectivity index is 1.41. The summed E-state index contributed by atoms with van der Waals surface area (Å²) in [6.07, 6.45) is 1.04. The van der Waals surface area contributed by atoms with Crippen LogP contribution in [0.3, 0.4) is 0 Å². The maximum absolute atomic E-state index is 12.2. The lowest BCUT2D eigenvalue weighted by Gasteiger charge is -2.28. The second-order valence-electron chi connectivity index (χ2n) is 6.79. The predicted molar refractivity (Wildman–Crippen MR) is 107 cm³/mol. The fourth-order valence-electron chi connectivity index (χ4n) is 3.18. The highest BCUT2D eigenvalue weighted by atomic mass is 35.5. The maximum Gasteiger partial charge on any atom is 0.251 e. The van der Waals surface area contributed by atoms with Crippen LogP contribution in [0.1, 0.15) is 28.4 Å². The molecule has 0 bridgehead atoms. The Morgan fingerprint density at radius 2 is 1.81 bits per heavy atom. The minimum absolute atomic E-state index is 0.185. The highest BCUT2D eigenvalue weighted by Crippen LogP contribution is 2.17. The van der Waals surface area contributed by atoms with Gasteiger partial charge in [-0.25, -0.2) is 0 Å². The summed E-state index contributed by atoms with van der Waals surface area (Å²) in [6.45, 7) is 4.94. The monoisotopic (exact) mass is 385 g/mol. The summed E-state index contributed by atoms with van der Waals surface area (Å²) in [5, 5.41) is 6.18. The van der Waals surface area contributed by atoms with E-state index in [9.17, 15) is 9.59 Å². The molecule has 1 aliphatic heterocycles. The molecule has 0 aromatic heterocycles. The number of halogens is 1. The van der Waals surface area contributed by atoms with E-state index >= 15 is 0 Å². The van der Waals surface area contributed by atoms with Gasteiger partial charge in [-0.15, -0.1) is 0 Å². The molecule has 0 spiro atoms. The first-order valence-corrected chi connectivity index (χ1v) is 9.54. The lowest BCUT2D eigenvalue weighted by molar-refractivity contribution is -0.122. The van der Waals surface area contributed by atoms with Gasteiger partial charge in [-0.3, -0.25) is 14.5 Å². The van der Waals surface area contributed by atoms with Crippen molar-refractivity contribution in [2.45, 2.75) is 25.9 Å². The van der Waals surface area contributed by atoms with E-state index in [0.717, 1.165) is 26.1 Å². The molecular weight excluding hydrogens is 362 g/mol. The van der Waals surface area contributed by atoms with E-state index in [1.807, 2.05) is 0 Å². The molecule has 0 unspecified atom stereocenters. The van der Waals surface area contributed by atoms with Crippen molar-refractivity contribution in [1.82, 2.24) is 15.5 Å². The molecule has 0 radical (unpaired) electrons. The summed E-state index contributed by atoms with van der Waals surface area (Å²) in [7, 11) is 0. The summed E-state index contributed by atoms with van der Waals surface area (Å²) in [5.41, 5.74) is 3.25. The lowest BCUT2D eigenvalue weighted by Crippen LogP contribution is -2.47. The molecule has 1 aliphatic rings. The number of nitrogens with one attached hydrogen (secondary N) is 2. The van der Waals surface area contributed by atoms with Crippen molar-refractivity contribution in [1.29, 1.82) is 0 Å². The summed E-state index contributed by atoms with van der Waals surface area (Å²) >= 11 is 5.82. The van der Waals surface area contributed by atoms with Gasteiger partial charge in [-0.1, -0.05) is 35.9 Å². The van der Waals surface area contributed by atoms with Gasteiger partial charge in [-0.05, 0) is 48.7 Å². The van der Waals surface area contributed by atoms with Gasteiger partial charge in [0.15, 0.2) is 0 Å². The van der Waals surface area contributed by atoms with Crippen LogP contribution in [0.5, 0.6) is 0 Å². The van der Waals surface area contributed by atoms with Crippen molar-refractivity contribution in [3.8, 4) is 0 Å². The van der Waals surface area contributed by atoms with Gasteiger partial charge in [0.2, 0.25) is 5.91 Å². The van der Waals surface area contributed by atoms with Gasteiger partial charge in [-0.2, -0.15) is 0 Å². The first-order valence-electron chi connectivity index (χ1n) is 9.16. The van der Waals surface area contributed by atoms with Crippen molar-refractivity contribution in [2.75, 3.05) is 19.6 Å². The van der Waals surface area contributed by atoms with Crippen LogP contribution in [0, 0.1) is 0 Å². The Kier molecular flexibility index (Phi) is 6.48. The first kappa shape index (κ1) is 19.4. The van der Waals surface area contributed by atoms with Gasteiger partial charge < -0.3 is 10.6 Å². The molecule has 6 heteroatoms. The van der Waals surface area contributed by atoms with E-state index in [0.29, 0.717) is 17.1 Å². The molecule has 27 heavy (non-hydrogen) atoms. The van der Waals surface area contributed by atoms with Crippen LogP contribution >= 0.6 is 11.6 Å². The topological polar surface area (TPSA) is 61.4 Å². The van der Waals surface area contributed by atoms with Crippen LogP contribution in [0.4, 0.5) is 0 Å².